The van der Waals surface area contributed by atoms with Crippen LogP contribution in [0.2, 0.25) is 18.1 Å². The van der Waals surface area contributed by atoms with E-state index in [1.54, 1.807) is 35.5 Å². The fourth-order valence-corrected chi connectivity index (χ4v) is 8.78. The van der Waals surface area contributed by atoms with E-state index in [4.69, 9.17) is 18.6 Å². The lowest BCUT2D eigenvalue weighted by atomic mass is 9.97. The number of sulfonamides is 1. The fraction of sp³-hybridized carbons (Fsp3) is 0.556. The molecular formula is C45H65N3O9SSi. The molecule has 0 saturated heterocycles. The molecule has 1 aliphatic carbocycles. The molecule has 1 fully saturated rings. The Labute approximate surface area is 352 Å². The number of aromatic nitrogens is 1. The number of unbranched alkanes of at least 4 members (excludes halogenated alkanes) is 1. The number of esters is 1. The number of pyridine rings is 1. The molecule has 1 atom stereocenters. The molecule has 1 aromatic heterocycles. The third-order valence-corrected chi connectivity index (χ3v) is 16.5. The number of amides is 2. The second kappa shape index (κ2) is 20.8. The fourth-order valence-electron chi connectivity index (χ4n) is 6.43. The number of carbonyl (C=O) groups excluding carboxylic acids is 3. The lowest BCUT2D eigenvalue weighted by Crippen LogP contribution is -2.46. The number of hydrogen-bond donors (Lipinski definition) is 1. The molecule has 1 heterocycles. The molecule has 2 amide bonds. The molecule has 59 heavy (non-hydrogen) atoms. The molecule has 0 radical (unpaired) electrons. The summed E-state index contributed by atoms with van der Waals surface area (Å²) in [7, 11) is -6.19. The Balaban J connectivity index is 1.53. The number of ether oxygens (including phenoxy) is 3. The Kier molecular flexibility index (Phi) is 16.7. The van der Waals surface area contributed by atoms with E-state index in [2.05, 4.69) is 43.6 Å². The molecule has 3 aromatic rings. The summed E-state index contributed by atoms with van der Waals surface area (Å²) in [5.41, 5.74) is 3.07. The topological polar surface area (TPSA) is 150 Å². The zero-order valence-corrected chi connectivity index (χ0v) is 38.3. The first kappa shape index (κ1) is 47.4. The monoisotopic (exact) mass is 851 g/mol. The van der Waals surface area contributed by atoms with E-state index in [9.17, 15) is 22.8 Å². The van der Waals surface area contributed by atoms with E-state index >= 15 is 0 Å². The van der Waals surface area contributed by atoms with Crippen LogP contribution in [-0.2, 0) is 35.1 Å². The first-order valence-corrected chi connectivity index (χ1v) is 25.3. The van der Waals surface area contributed by atoms with Gasteiger partial charge >= 0.3 is 12.1 Å². The minimum absolute atomic E-state index is 0.0446. The van der Waals surface area contributed by atoms with Gasteiger partial charge in [0.05, 0.1) is 36.7 Å². The van der Waals surface area contributed by atoms with Crippen LogP contribution in [0.1, 0.15) is 121 Å². The van der Waals surface area contributed by atoms with Crippen LogP contribution < -0.4 is 9.46 Å². The van der Waals surface area contributed by atoms with Gasteiger partial charge in [-0.1, -0.05) is 63.6 Å². The third-order valence-electron chi connectivity index (χ3n) is 10.7. The number of benzene rings is 2. The second-order valence-corrected chi connectivity index (χ2v) is 24.5. The molecule has 0 unspecified atom stereocenters. The first-order chi connectivity index (χ1) is 27.6. The van der Waals surface area contributed by atoms with E-state index in [0.29, 0.717) is 31.7 Å². The zero-order chi connectivity index (χ0) is 43.4. The SMILES string of the molecule is CC(=O)OCCCCS(=O)(=O)NC(=O)c1ccc(-c2ccc(CCN(C[C@H](O[Si](C)(C)C(C)(C)C)c3cccnc3)C(=O)OC(C)(C)C)cc2)cc1OC1CCCCC1. The van der Waals surface area contributed by atoms with Crippen molar-refractivity contribution in [1.82, 2.24) is 14.6 Å². The highest BCUT2D eigenvalue weighted by atomic mass is 32.2. The van der Waals surface area contributed by atoms with Crippen LogP contribution in [0.15, 0.2) is 67.0 Å². The Morgan fingerprint density at radius 2 is 1.61 bits per heavy atom. The van der Waals surface area contributed by atoms with Crippen molar-refractivity contribution in [2.45, 2.75) is 136 Å². The highest BCUT2D eigenvalue weighted by molar-refractivity contribution is 7.90. The van der Waals surface area contributed by atoms with Gasteiger partial charge in [-0.2, -0.15) is 0 Å². The Hall–Kier alpha value is -4.27. The minimum atomic E-state index is -3.94. The summed E-state index contributed by atoms with van der Waals surface area (Å²) >= 11 is 0. The highest BCUT2D eigenvalue weighted by Gasteiger charge is 2.40. The molecule has 1 saturated carbocycles. The maximum Gasteiger partial charge on any atom is 0.410 e. The van der Waals surface area contributed by atoms with E-state index < -0.39 is 48.0 Å². The molecule has 14 heteroatoms. The first-order valence-electron chi connectivity index (χ1n) is 20.8. The van der Waals surface area contributed by atoms with Gasteiger partial charge in [-0.05, 0) is 124 Å². The molecular weight excluding hydrogens is 787 g/mol. The van der Waals surface area contributed by atoms with Crippen molar-refractivity contribution >= 4 is 36.3 Å². The Morgan fingerprint density at radius 3 is 2.22 bits per heavy atom. The average molecular weight is 852 g/mol. The largest absolute Gasteiger partial charge is 0.490 e. The maximum atomic E-state index is 13.7. The average Bonchev–Trinajstić information content (AvgIpc) is 3.15. The lowest BCUT2D eigenvalue weighted by molar-refractivity contribution is -0.141. The lowest BCUT2D eigenvalue weighted by Gasteiger charge is -2.40. The summed E-state index contributed by atoms with van der Waals surface area (Å²) < 4.78 is 51.9. The van der Waals surface area contributed by atoms with Gasteiger partial charge in [0.15, 0.2) is 8.32 Å². The van der Waals surface area contributed by atoms with Gasteiger partial charge < -0.3 is 23.5 Å². The normalized spacial score (nSPS) is 14.6. The summed E-state index contributed by atoms with van der Waals surface area (Å²) in [4.78, 5) is 44.2. The van der Waals surface area contributed by atoms with Crippen LogP contribution in [0, 0.1) is 0 Å². The summed E-state index contributed by atoms with van der Waals surface area (Å²) in [5, 5.41) is -0.0446. The zero-order valence-electron chi connectivity index (χ0n) is 36.5. The minimum Gasteiger partial charge on any atom is -0.490 e. The van der Waals surface area contributed by atoms with E-state index in [-0.39, 0.29) is 35.5 Å². The molecule has 1 aliphatic rings. The summed E-state index contributed by atoms with van der Waals surface area (Å²) in [6.07, 6.45) is 8.67. The number of rotatable bonds is 18. The van der Waals surface area contributed by atoms with Gasteiger partial charge in [0.2, 0.25) is 10.0 Å². The molecule has 4 rings (SSSR count). The number of nitrogens with zero attached hydrogens (tertiary/aromatic N) is 2. The van der Waals surface area contributed by atoms with Crippen molar-refractivity contribution < 1.29 is 41.4 Å². The van der Waals surface area contributed by atoms with Crippen LogP contribution in [0.25, 0.3) is 11.1 Å². The van der Waals surface area contributed by atoms with Gasteiger partial charge in [0.1, 0.15) is 11.4 Å². The van der Waals surface area contributed by atoms with Crippen molar-refractivity contribution in [1.29, 1.82) is 0 Å². The Morgan fingerprint density at radius 1 is 0.932 bits per heavy atom. The van der Waals surface area contributed by atoms with Crippen LogP contribution in [0.5, 0.6) is 5.75 Å². The summed E-state index contributed by atoms with van der Waals surface area (Å²) in [6, 6.07) is 17.1. The predicted octanol–water partition coefficient (Wildman–Crippen LogP) is 9.41. The Bertz CT molecular complexity index is 1950. The number of nitrogens with one attached hydrogen (secondary N) is 1. The number of carbonyl (C=O) groups is 3. The second-order valence-electron chi connectivity index (χ2n) is 17.9. The summed E-state index contributed by atoms with van der Waals surface area (Å²) in [5.74, 6) is -1.14. The van der Waals surface area contributed by atoms with Crippen LogP contribution in [-0.4, -0.2) is 81.7 Å². The van der Waals surface area contributed by atoms with Gasteiger partial charge in [-0.15, -0.1) is 0 Å². The quantitative estimate of drug-likeness (QED) is 0.0745. The van der Waals surface area contributed by atoms with E-state index in [0.717, 1.165) is 54.4 Å². The molecule has 0 aliphatic heterocycles. The van der Waals surface area contributed by atoms with Gasteiger partial charge in [0, 0.05) is 25.9 Å². The molecule has 12 nitrogen and oxygen atoms in total. The van der Waals surface area contributed by atoms with Gasteiger partial charge in [-0.25, -0.2) is 17.9 Å². The van der Waals surface area contributed by atoms with E-state index in [1.807, 2.05) is 57.2 Å². The number of hydrogen-bond acceptors (Lipinski definition) is 10. The van der Waals surface area contributed by atoms with Crippen molar-refractivity contribution in [2.24, 2.45) is 0 Å². The molecule has 324 valence electrons. The predicted molar refractivity (Wildman–Crippen MR) is 233 cm³/mol. The summed E-state index contributed by atoms with van der Waals surface area (Å²) in [6.45, 7) is 18.7. The molecule has 2 aromatic carbocycles. The standard InChI is InChI=1S/C45H65N3O9SSi/c1-33(49)54-28-13-14-29-58(52,53)47-42(50)39-24-23-36(30-40(39)55-38-17-11-10-12-18-38)35-21-19-34(20-22-35)25-27-48(43(51)56-44(2,3)4)32-41(37-16-15-26-46-31-37)57-59(8,9)45(5,6)7/h15-16,19-24,26,30-31,38,41H,10-14,17-18,25,27-29,32H2,1-9H3,(H,47,50)/t41-/m0/s1. The molecule has 0 bridgehead atoms. The van der Waals surface area contributed by atoms with Gasteiger partial charge in [0.25, 0.3) is 5.91 Å². The highest BCUT2D eigenvalue weighted by Crippen LogP contribution is 2.40. The van der Waals surface area contributed by atoms with Crippen molar-refractivity contribution in [3.8, 4) is 16.9 Å². The molecule has 1 N–H and O–H groups in total. The van der Waals surface area contributed by atoms with Crippen LogP contribution in [0.3, 0.4) is 0 Å². The van der Waals surface area contributed by atoms with Crippen LogP contribution >= 0.6 is 0 Å². The third kappa shape index (κ3) is 15.4. The van der Waals surface area contributed by atoms with Crippen molar-refractivity contribution in [2.75, 3.05) is 25.4 Å². The van der Waals surface area contributed by atoms with E-state index in [1.165, 1.54) is 6.92 Å². The van der Waals surface area contributed by atoms with Crippen molar-refractivity contribution in [3.05, 3.63) is 83.7 Å². The van der Waals surface area contributed by atoms with Crippen LogP contribution in [0.4, 0.5) is 4.79 Å². The smallest absolute Gasteiger partial charge is 0.410 e. The van der Waals surface area contributed by atoms with Gasteiger partial charge in [-0.3, -0.25) is 14.6 Å². The van der Waals surface area contributed by atoms with Crippen molar-refractivity contribution in [3.63, 3.8) is 0 Å². The maximum absolute atomic E-state index is 13.7. The molecule has 0 spiro atoms.